The number of benzene rings is 2. The van der Waals surface area contributed by atoms with E-state index < -0.39 is 0 Å². The lowest BCUT2D eigenvalue weighted by Crippen LogP contribution is -2.02. The summed E-state index contributed by atoms with van der Waals surface area (Å²) in [6, 6.07) is 12.2. The molecule has 2 aromatic carbocycles. The van der Waals surface area contributed by atoms with Crippen molar-refractivity contribution in [3.8, 4) is 0 Å². The zero-order valence-corrected chi connectivity index (χ0v) is 12.4. The van der Waals surface area contributed by atoms with Gasteiger partial charge in [-0.15, -0.1) is 11.6 Å². The fraction of sp³-hybridized carbons (Fsp3) is 0.200. The van der Waals surface area contributed by atoms with Crippen molar-refractivity contribution < 1.29 is 4.92 Å². The minimum absolute atomic E-state index is 0.0952. The molecule has 2 rings (SSSR count). The fourth-order valence-corrected chi connectivity index (χ4v) is 2.71. The molecule has 0 fully saturated rings. The Morgan fingerprint density at radius 3 is 2.60 bits per heavy atom. The Morgan fingerprint density at radius 1 is 1.20 bits per heavy atom. The van der Waals surface area contributed by atoms with Gasteiger partial charge in [0.2, 0.25) is 0 Å². The van der Waals surface area contributed by atoms with E-state index in [0.717, 1.165) is 11.1 Å². The molecular formula is C15H13Cl2NO2. The molecule has 104 valence electrons. The summed E-state index contributed by atoms with van der Waals surface area (Å²) in [6.45, 7) is 1.90. The Kier molecular flexibility index (Phi) is 4.63. The zero-order chi connectivity index (χ0) is 14.7. The van der Waals surface area contributed by atoms with Gasteiger partial charge in [-0.1, -0.05) is 41.9 Å². The molecule has 2 aromatic rings. The molecule has 0 radical (unpaired) electrons. The minimum atomic E-state index is -0.385. The summed E-state index contributed by atoms with van der Waals surface area (Å²) in [5, 5.41) is 11.3. The number of hydrogen-bond acceptors (Lipinski definition) is 2. The summed E-state index contributed by atoms with van der Waals surface area (Å²) in [4.78, 5) is 10.6. The van der Waals surface area contributed by atoms with Crippen LogP contribution in [0.5, 0.6) is 0 Å². The van der Waals surface area contributed by atoms with Crippen LogP contribution in [0.3, 0.4) is 0 Å². The number of halogens is 2. The number of nitro benzene ring substituents is 1. The first-order chi connectivity index (χ1) is 9.50. The monoisotopic (exact) mass is 309 g/mol. The van der Waals surface area contributed by atoms with E-state index in [1.54, 1.807) is 24.3 Å². The molecule has 0 aromatic heterocycles. The minimum Gasteiger partial charge on any atom is -0.258 e. The maximum absolute atomic E-state index is 11.0. The van der Waals surface area contributed by atoms with Crippen molar-refractivity contribution in [2.75, 3.05) is 0 Å². The van der Waals surface area contributed by atoms with Gasteiger partial charge in [0.25, 0.3) is 5.69 Å². The van der Waals surface area contributed by atoms with Gasteiger partial charge in [0.15, 0.2) is 0 Å². The average Bonchev–Trinajstić information content (AvgIpc) is 2.42. The normalized spacial score (nSPS) is 12.2. The van der Waals surface area contributed by atoms with Gasteiger partial charge >= 0.3 is 0 Å². The summed E-state index contributed by atoms with van der Waals surface area (Å²) >= 11 is 12.5. The lowest BCUT2D eigenvalue weighted by Gasteiger charge is -2.14. The largest absolute Gasteiger partial charge is 0.272 e. The average molecular weight is 310 g/mol. The van der Waals surface area contributed by atoms with Gasteiger partial charge in [0, 0.05) is 16.7 Å². The molecule has 0 saturated heterocycles. The van der Waals surface area contributed by atoms with Crippen LogP contribution in [0.4, 0.5) is 5.69 Å². The van der Waals surface area contributed by atoms with E-state index in [1.165, 1.54) is 6.07 Å². The predicted octanol–water partition coefficient (Wildman–Crippen LogP) is 5.08. The number of para-hydroxylation sites is 1. The molecule has 0 N–H and O–H groups in total. The molecule has 0 bridgehead atoms. The smallest absolute Gasteiger partial charge is 0.258 e. The maximum Gasteiger partial charge on any atom is 0.272 e. The molecule has 3 nitrogen and oxygen atoms in total. The van der Waals surface area contributed by atoms with E-state index in [-0.39, 0.29) is 16.0 Å². The second kappa shape index (κ2) is 6.25. The Balaban J connectivity index is 2.30. The highest BCUT2D eigenvalue weighted by Gasteiger charge is 2.18. The summed E-state index contributed by atoms with van der Waals surface area (Å²) in [7, 11) is 0. The van der Waals surface area contributed by atoms with Crippen LogP contribution in [-0.4, -0.2) is 4.92 Å². The second-order valence-corrected chi connectivity index (χ2v) is 5.45. The van der Waals surface area contributed by atoms with Crippen molar-refractivity contribution in [3.05, 3.63) is 74.3 Å². The number of hydrogen-bond donors (Lipinski definition) is 0. The van der Waals surface area contributed by atoms with E-state index >= 15 is 0 Å². The Hall–Kier alpha value is -1.58. The molecular weight excluding hydrogens is 297 g/mol. The van der Waals surface area contributed by atoms with Crippen LogP contribution in [0.15, 0.2) is 42.5 Å². The highest BCUT2D eigenvalue weighted by atomic mass is 35.5. The Morgan fingerprint density at radius 2 is 1.90 bits per heavy atom. The topological polar surface area (TPSA) is 43.1 Å². The lowest BCUT2D eigenvalue weighted by molar-refractivity contribution is -0.385. The van der Waals surface area contributed by atoms with Crippen molar-refractivity contribution in [2.24, 2.45) is 0 Å². The van der Waals surface area contributed by atoms with E-state index in [4.69, 9.17) is 23.2 Å². The molecule has 0 heterocycles. The van der Waals surface area contributed by atoms with Gasteiger partial charge in [-0.25, -0.2) is 0 Å². The number of nitro groups is 1. The molecule has 0 spiro atoms. The van der Waals surface area contributed by atoms with Crippen LogP contribution in [0.1, 0.15) is 22.1 Å². The summed E-state index contributed by atoms with van der Waals surface area (Å²) in [5.41, 5.74) is 2.53. The molecule has 1 unspecified atom stereocenters. The van der Waals surface area contributed by atoms with Crippen molar-refractivity contribution in [1.29, 1.82) is 0 Å². The third-order valence-electron chi connectivity index (χ3n) is 3.23. The van der Waals surface area contributed by atoms with Crippen molar-refractivity contribution in [3.63, 3.8) is 0 Å². The van der Waals surface area contributed by atoms with Crippen LogP contribution in [-0.2, 0) is 6.42 Å². The van der Waals surface area contributed by atoms with Crippen molar-refractivity contribution >= 4 is 28.9 Å². The first kappa shape index (κ1) is 14.8. The molecule has 0 amide bonds. The van der Waals surface area contributed by atoms with Gasteiger partial charge in [-0.3, -0.25) is 10.1 Å². The van der Waals surface area contributed by atoms with Crippen LogP contribution in [0.2, 0.25) is 5.02 Å². The third kappa shape index (κ3) is 3.11. The number of nitrogens with zero attached hydrogens (tertiary/aromatic N) is 1. The molecule has 5 heteroatoms. The van der Waals surface area contributed by atoms with Crippen LogP contribution in [0.25, 0.3) is 0 Å². The first-order valence-corrected chi connectivity index (χ1v) is 6.93. The summed E-state index contributed by atoms with van der Waals surface area (Å²) < 4.78 is 0. The summed E-state index contributed by atoms with van der Waals surface area (Å²) in [5.74, 6) is 0. The van der Waals surface area contributed by atoms with E-state index in [2.05, 4.69) is 0 Å². The van der Waals surface area contributed by atoms with Gasteiger partial charge in [0.05, 0.1) is 10.3 Å². The molecule has 0 aliphatic rings. The highest BCUT2D eigenvalue weighted by Crippen LogP contribution is 2.33. The highest BCUT2D eigenvalue weighted by molar-refractivity contribution is 6.31. The SMILES string of the molecule is Cc1c(Cl)cccc1C(Cl)Cc1ccccc1[N+](=O)[O-]. The Labute approximate surface area is 127 Å². The van der Waals surface area contributed by atoms with Crippen molar-refractivity contribution in [1.82, 2.24) is 0 Å². The third-order valence-corrected chi connectivity index (χ3v) is 4.03. The molecule has 0 aliphatic carbocycles. The zero-order valence-electron chi connectivity index (χ0n) is 10.8. The van der Waals surface area contributed by atoms with E-state index in [0.29, 0.717) is 17.0 Å². The molecule has 1 atom stereocenters. The van der Waals surface area contributed by atoms with Crippen molar-refractivity contribution in [2.45, 2.75) is 18.7 Å². The standard InChI is InChI=1S/C15H13Cl2NO2/c1-10-12(6-4-7-13(10)16)14(17)9-11-5-2-3-8-15(11)18(19)20/h2-8,14H,9H2,1H3. The van der Waals surface area contributed by atoms with Gasteiger partial charge < -0.3 is 0 Å². The molecule has 0 aliphatic heterocycles. The first-order valence-electron chi connectivity index (χ1n) is 6.12. The summed E-state index contributed by atoms with van der Waals surface area (Å²) in [6.07, 6.45) is 0.389. The number of rotatable bonds is 4. The van der Waals surface area contributed by atoms with Crippen LogP contribution >= 0.6 is 23.2 Å². The Bertz CT molecular complexity index is 644. The fourth-order valence-electron chi connectivity index (χ4n) is 2.13. The lowest BCUT2D eigenvalue weighted by atomic mass is 9.99. The quantitative estimate of drug-likeness (QED) is 0.449. The maximum atomic E-state index is 11.0. The van der Waals surface area contributed by atoms with Crippen LogP contribution < -0.4 is 0 Å². The number of alkyl halides is 1. The molecule has 0 saturated carbocycles. The van der Waals surface area contributed by atoms with E-state index in [9.17, 15) is 10.1 Å². The predicted molar refractivity (Wildman–Crippen MR) is 81.6 cm³/mol. The van der Waals surface area contributed by atoms with Gasteiger partial charge in [-0.05, 0) is 30.5 Å². The second-order valence-electron chi connectivity index (χ2n) is 4.51. The molecule has 20 heavy (non-hydrogen) atoms. The van der Waals surface area contributed by atoms with E-state index in [1.807, 2.05) is 19.1 Å². The van der Waals surface area contributed by atoms with Gasteiger partial charge in [0.1, 0.15) is 0 Å². The van der Waals surface area contributed by atoms with Crippen LogP contribution in [0, 0.1) is 17.0 Å². The van der Waals surface area contributed by atoms with Gasteiger partial charge in [-0.2, -0.15) is 0 Å².